The van der Waals surface area contributed by atoms with Crippen LogP contribution < -0.4 is 0 Å². The molecule has 0 saturated heterocycles. The van der Waals surface area contributed by atoms with Gasteiger partial charge in [-0.05, 0) is 82.0 Å². The maximum atomic E-state index is 4.29. The van der Waals surface area contributed by atoms with Crippen LogP contribution in [0.3, 0.4) is 0 Å². The van der Waals surface area contributed by atoms with Crippen LogP contribution >= 0.6 is 22.6 Å². The van der Waals surface area contributed by atoms with Gasteiger partial charge in [-0.1, -0.05) is 63.8 Å². The van der Waals surface area contributed by atoms with E-state index >= 15 is 0 Å². The number of halogens is 1. The summed E-state index contributed by atoms with van der Waals surface area (Å²) >= 11 is 2.35. The van der Waals surface area contributed by atoms with Gasteiger partial charge < -0.3 is 0 Å². The largest absolute Gasteiger partial charge is 0.0950 e. The summed E-state index contributed by atoms with van der Waals surface area (Å²) in [4.78, 5) is 0. The summed E-state index contributed by atoms with van der Waals surface area (Å²) < 4.78 is 1.26. The molecule has 0 radical (unpaired) electrons. The van der Waals surface area contributed by atoms with Crippen LogP contribution in [0.5, 0.6) is 0 Å². The molecule has 0 amide bonds. The highest BCUT2D eigenvalue weighted by molar-refractivity contribution is 14.1. The van der Waals surface area contributed by atoms with Gasteiger partial charge in [-0.25, -0.2) is 0 Å². The number of allylic oxidation sites excluding steroid dienone is 3. The van der Waals surface area contributed by atoms with Crippen molar-refractivity contribution in [3.8, 4) is 11.1 Å². The molecule has 0 aliphatic rings. The molecular weight excluding hydrogens is 391 g/mol. The van der Waals surface area contributed by atoms with Gasteiger partial charge in [0.1, 0.15) is 0 Å². The number of hydrogen-bond acceptors (Lipinski definition) is 0. The first-order valence-corrected chi connectivity index (χ1v) is 9.19. The van der Waals surface area contributed by atoms with Crippen molar-refractivity contribution in [1.29, 1.82) is 0 Å². The predicted octanol–water partition coefficient (Wildman–Crippen LogP) is 6.93. The van der Waals surface area contributed by atoms with Crippen LogP contribution in [0.4, 0.5) is 0 Å². The monoisotopic (exact) mass is 416 g/mol. The molecule has 1 heteroatoms. The molecule has 23 heavy (non-hydrogen) atoms. The van der Waals surface area contributed by atoms with Crippen molar-refractivity contribution in [3.63, 3.8) is 0 Å². The van der Waals surface area contributed by atoms with E-state index in [1.165, 1.54) is 25.8 Å². The number of aryl methyl sites for hydroxylation is 1. The molecule has 2 aromatic carbocycles. The lowest BCUT2D eigenvalue weighted by Gasteiger charge is -2.29. The lowest BCUT2D eigenvalue weighted by atomic mass is 9.75. The van der Waals surface area contributed by atoms with Gasteiger partial charge in [-0.15, -0.1) is 0 Å². The smallest absolute Gasteiger partial charge is 0.0143 e. The molecule has 0 aliphatic carbocycles. The van der Waals surface area contributed by atoms with E-state index in [9.17, 15) is 0 Å². The fourth-order valence-electron chi connectivity index (χ4n) is 2.87. The molecule has 0 N–H and O–H groups in total. The van der Waals surface area contributed by atoms with Gasteiger partial charge >= 0.3 is 0 Å². The minimum absolute atomic E-state index is 0.0724. The Morgan fingerprint density at radius 3 is 2.26 bits per heavy atom. The minimum atomic E-state index is -0.0724. The van der Waals surface area contributed by atoms with E-state index in [2.05, 4.69) is 105 Å². The van der Waals surface area contributed by atoms with E-state index in [0.717, 1.165) is 12.0 Å². The number of rotatable bonds is 5. The van der Waals surface area contributed by atoms with E-state index in [1.54, 1.807) is 0 Å². The Bertz CT molecular complexity index is 718. The van der Waals surface area contributed by atoms with E-state index in [-0.39, 0.29) is 5.41 Å². The normalized spacial score (nSPS) is 11.9. The standard InChI is InChI=1S/C22H25I/c1-6-8-16(3)22(4,5)21-15-19(10-9-17(21)7-2)18-11-13-20(23)14-12-18/h6,8-15H,3,7H2,1-2,4-5H3/b8-6-. The van der Waals surface area contributed by atoms with Crippen LogP contribution in [0.25, 0.3) is 11.1 Å². The van der Waals surface area contributed by atoms with Gasteiger partial charge in [0.25, 0.3) is 0 Å². The third-order valence-electron chi connectivity index (χ3n) is 4.51. The van der Waals surface area contributed by atoms with E-state index in [1.807, 2.05) is 6.92 Å². The quantitative estimate of drug-likeness (QED) is 0.366. The van der Waals surface area contributed by atoms with Gasteiger partial charge in [-0.3, -0.25) is 0 Å². The molecule has 0 atom stereocenters. The summed E-state index contributed by atoms with van der Waals surface area (Å²) in [6.45, 7) is 13.1. The van der Waals surface area contributed by atoms with Crippen molar-refractivity contribution in [1.82, 2.24) is 0 Å². The highest BCUT2D eigenvalue weighted by Gasteiger charge is 2.25. The molecule has 2 aromatic rings. The molecule has 0 bridgehead atoms. The summed E-state index contributed by atoms with van der Waals surface area (Å²) in [6.07, 6.45) is 5.23. The third kappa shape index (κ3) is 3.95. The highest BCUT2D eigenvalue weighted by atomic mass is 127. The van der Waals surface area contributed by atoms with Crippen molar-refractivity contribution in [2.45, 2.75) is 39.5 Å². The zero-order valence-electron chi connectivity index (χ0n) is 14.5. The Balaban J connectivity index is 2.55. The Kier molecular flexibility index (Phi) is 5.85. The van der Waals surface area contributed by atoms with Crippen LogP contribution in [0, 0.1) is 3.57 Å². The van der Waals surface area contributed by atoms with E-state index in [0.29, 0.717) is 0 Å². The summed E-state index contributed by atoms with van der Waals surface area (Å²) in [5.74, 6) is 0. The lowest BCUT2D eigenvalue weighted by Crippen LogP contribution is -2.21. The highest BCUT2D eigenvalue weighted by Crippen LogP contribution is 2.36. The molecule has 120 valence electrons. The van der Waals surface area contributed by atoms with E-state index < -0.39 is 0 Å². The maximum Gasteiger partial charge on any atom is 0.0143 e. The van der Waals surface area contributed by atoms with Crippen LogP contribution in [-0.2, 0) is 11.8 Å². The fraction of sp³-hybridized carbons (Fsp3) is 0.273. The molecule has 0 fully saturated rings. The van der Waals surface area contributed by atoms with Gasteiger partial charge in [0.05, 0.1) is 0 Å². The van der Waals surface area contributed by atoms with E-state index in [4.69, 9.17) is 0 Å². The van der Waals surface area contributed by atoms with Crippen LogP contribution in [0.15, 0.2) is 66.8 Å². The maximum absolute atomic E-state index is 4.29. The second-order valence-corrected chi connectivity index (χ2v) is 7.63. The predicted molar refractivity (Wildman–Crippen MR) is 111 cm³/mol. The molecule has 0 heterocycles. The Labute approximate surface area is 154 Å². The second kappa shape index (κ2) is 7.48. The van der Waals surface area contributed by atoms with Crippen molar-refractivity contribution < 1.29 is 0 Å². The SMILES string of the molecule is C=C(/C=C\C)C(C)(C)c1cc(-c2ccc(I)cc2)ccc1CC. The summed E-state index contributed by atoms with van der Waals surface area (Å²) in [5, 5.41) is 0. The number of hydrogen-bond donors (Lipinski definition) is 0. The third-order valence-corrected chi connectivity index (χ3v) is 5.23. The average Bonchev–Trinajstić information content (AvgIpc) is 2.55. The van der Waals surface area contributed by atoms with Crippen LogP contribution in [0.2, 0.25) is 0 Å². The lowest BCUT2D eigenvalue weighted by molar-refractivity contribution is 0.633. The molecule has 0 unspecified atom stereocenters. The van der Waals surface area contributed by atoms with Crippen molar-refractivity contribution in [3.05, 3.63) is 81.5 Å². The topological polar surface area (TPSA) is 0 Å². The second-order valence-electron chi connectivity index (χ2n) is 6.38. The van der Waals surface area contributed by atoms with Crippen molar-refractivity contribution >= 4 is 22.6 Å². The van der Waals surface area contributed by atoms with Gasteiger partial charge in [-0.2, -0.15) is 0 Å². The molecule has 0 aromatic heterocycles. The molecule has 0 saturated carbocycles. The molecule has 2 rings (SSSR count). The molecule has 0 nitrogen and oxygen atoms in total. The zero-order chi connectivity index (χ0) is 17.0. The Morgan fingerprint density at radius 2 is 1.70 bits per heavy atom. The molecular formula is C22H25I. The summed E-state index contributed by atoms with van der Waals surface area (Å²) in [5.41, 5.74) is 6.39. The molecule has 0 aliphatic heterocycles. The van der Waals surface area contributed by atoms with Crippen LogP contribution in [-0.4, -0.2) is 0 Å². The zero-order valence-corrected chi connectivity index (χ0v) is 16.6. The number of benzene rings is 2. The first-order valence-electron chi connectivity index (χ1n) is 8.11. The van der Waals surface area contributed by atoms with Crippen molar-refractivity contribution in [2.24, 2.45) is 0 Å². The van der Waals surface area contributed by atoms with Gasteiger partial charge in [0.15, 0.2) is 0 Å². The summed E-state index contributed by atoms with van der Waals surface area (Å²) in [7, 11) is 0. The Hall–Kier alpha value is -1.35. The van der Waals surface area contributed by atoms with Crippen molar-refractivity contribution in [2.75, 3.05) is 0 Å². The first kappa shape index (κ1) is 18.0. The van der Waals surface area contributed by atoms with Crippen LogP contribution in [0.1, 0.15) is 38.8 Å². The minimum Gasteiger partial charge on any atom is -0.0950 e. The average molecular weight is 416 g/mol. The first-order chi connectivity index (χ1) is 10.9. The molecule has 0 spiro atoms. The Morgan fingerprint density at radius 1 is 1.09 bits per heavy atom. The van der Waals surface area contributed by atoms with Gasteiger partial charge in [0.2, 0.25) is 0 Å². The fourth-order valence-corrected chi connectivity index (χ4v) is 3.23. The van der Waals surface area contributed by atoms with Gasteiger partial charge in [0, 0.05) is 8.99 Å². The summed E-state index contributed by atoms with van der Waals surface area (Å²) in [6, 6.07) is 15.6.